The molecular weight excluding hydrogens is 176 g/mol. The van der Waals surface area contributed by atoms with Crippen LogP contribution in [0.2, 0.25) is 0 Å². The van der Waals surface area contributed by atoms with Crippen molar-refractivity contribution in [2.75, 3.05) is 0 Å². The zero-order valence-electron chi connectivity index (χ0n) is 5.53. The van der Waals surface area contributed by atoms with Crippen LogP contribution in [0.1, 0.15) is 6.92 Å². The fourth-order valence-corrected chi connectivity index (χ4v) is 0.215. The third kappa shape index (κ3) is 25.7. The van der Waals surface area contributed by atoms with Gasteiger partial charge in [-0.05, 0) is 0 Å². The Morgan fingerprint density at radius 2 is 2.09 bits per heavy atom. The van der Waals surface area contributed by atoms with Crippen molar-refractivity contribution in [1.82, 2.24) is 9.97 Å². The van der Waals surface area contributed by atoms with Crippen LogP contribution >= 0.6 is 0 Å². The fraction of sp³-hybridized carbons (Fsp3) is 0.200. The van der Waals surface area contributed by atoms with Gasteiger partial charge in [-0.1, -0.05) is 0 Å². The van der Waals surface area contributed by atoms with Crippen LogP contribution in [-0.2, 0) is 4.79 Å². The van der Waals surface area contributed by atoms with Gasteiger partial charge in [-0.3, -0.25) is 4.79 Å². The number of carboxylic acids is 1. The molecule has 1 aromatic rings. The third-order valence-electron chi connectivity index (χ3n) is 0.406. The van der Waals surface area contributed by atoms with Gasteiger partial charge in [0, 0.05) is 19.3 Å². The molecule has 0 unspecified atom stereocenters. The number of rotatable bonds is 0. The van der Waals surface area contributed by atoms with E-state index >= 15 is 0 Å². The molecule has 0 saturated carbocycles. The van der Waals surface area contributed by atoms with Gasteiger partial charge in [-0.15, -0.1) is 0 Å². The van der Waals surface area contributed by atoms with Crippen molar-refractivity contribution in [3.63, 3.8) is 0 Å². The van der Waals surface area contributed by atoms with E-state index in [0.29, 0.717) is 0 Å². The molecule has 0 aromatic carbocycles. The molecule has 1 rings (SSSR count). The number of aliphatic carboxylic acids is 1. The van der Waals surface area contributed by atoms with Crippen LogP contribution in [0.5, 0.6) is 0 Å². The van der Waals surface area contributed by atoms with E-state index in [2.05, 4.69) is 9.97 Å². The minimum atomic E-state index is -0.833. The Hall–Kier alpha value is -0.100. The maximum absolute atomic E-state index is 9.00. The van der Waals surface area contributed by atoms with Gasteiger partial charge in [0.15, 0.2) is 0 Å². The molecule has 62 valence electrons. The van der Waals surface area contributed by atoms with Gasteiger partial charge < -0.3 is 15.6 Å². The molecule has 11 heavy (non-hydrogen) atoms. The fourth-order valence-electron chi connectivity index (χ4n) is 0.215. The molecule has 5 nitrogen and oxygen atoms in total. The van der Waals surface area contributed by atoms with E-state index in [-0.39, 0.29) is 43.2 Å². The van der Waals surface area contributed by atoms with Crippen molar-refractivity contribution >= 4 is 43.7 Å². The number of H-pyrrole nitrogens is 1. The second-order valence-corrected chi connectivity index (χ2v) is 1.28. The summed E-state index contributed by atoms with van der Waals surface area (Å²) in [7, 11) is 0. The number of aromatic nitrogens is 2. The van der Waals surface area contributed by atoms with Gasteiger partial charge in [-0.2, -0.15) is 0 Å². The Labute approximate surface area is 94.1 Å². The first-order valence-electron chi connectivity index (χ1n) is 2.35. The maximum atomic E-state index is 9.00. The maximum Gasteiger partial charge on any atom is 0.0919 e. The summed E-state index contributed by atoms with van der Waals surface area (Å²) in [4.78, 5) is 15.4. The number of nitrogens with zero attached hydrogens (tertiary/aromatic N) is 1. The largest absolute Gasteiger partial charge is 0.351 e. The molecule has 0 aliphatic heterocycles. The number of hydrogen-bond acceptors (Lipinski definition) is 2. The minimum Gasteiger partial charge on any atom is -0.351 e. The van der Waals surface area contributed by atoms with Crippen LogP contribution in [0.4, 0.5) is 0 Å². The first-order valence-corrected chi connectivity index (χ1v) is 2.35. The molecule has 1 aromatic heterocycles. The van der Waals surface area contributed by atoms with E-state index in [1.54, 1.807) is 18.7 Å². The summed E-state index contributed by atoms with van der Waals surface area (Å²) in [5.74, 6) is -0.833. The van der Waals surface area contributed by atoms with Crippen LogP contribution in [0.25, 0.3) is 0 Å². The molecule has 0 spiro atoms. The van der Waals surface area contributed by atoms with Gasteiger partial charge in [0.05, 0.1) is 6.33 Å². The molecule has 0 atom stereocenters. The first kappa shape index (κ1) is 17.1. The molecule has 0 aliphatic rings. The normalized spacial score (nSPS) is 5.91. The number of aromatic amines is 1. The minimum absolute atomic E-state index is 0. The topological polar surface area (TPSA) is 97.5 Å². The van der Waals surface area contributed by atoms with E-state index in [0.717, 1.165) is 6.92 Å². The molecule has 0 bridgehead atoms. The van der Waals surface area contributed by atoms with Crippen molar-refractivity contribution in [2.45, 2.75) is 6.92 Å². The molecule has 4 N–H and O–H groups in total. The summed E-state index contributed by atoms with van der Waals surface area (Å²) >= 11 is 0. The van der Waals surface area contributed by atoms with E-state index < -0.39 is 5.97 Å². The standard InChI is InChI=1S/C3H4N2.C2H4O2.Ca.H2O.2H/c1-2-5-3-4-1;1-2(3)4;;;;/h1-3H,(H,4,5);1H3,(H,3,4);;1H2;;. The monoisotopic (exact) mass is 188 g/mol. The van der Waals surface area contributed by atoms with Crippen LogP contribution in [0.3, 0.4) is 0 Å². The van der Waals surface area contributed by atoms with Gasteiger partial charge >= 0.3 is 37.7 Å². The Bertz CT molecular complexity index is 134. The number of carbonyl (C=O) groups is 1. The molecule has 1 heterocycles. The second kappa shape index (κ2) is 12.6. The first-order chi connectivity index (χ1) is 4.23. The average Bonchev–Trinajstić information content (AvgIpc) is 2.11. The molecular formula is C5H12CaN2O3. The van der Waals surface area contributed by atoms with Crippen molar-refractivity contribution < 1.29 is 15.4 Å². The Morgan fingerprint density at radius 1 is 1.64 bits per heavy atom. The SMILES string of the molecule is CC(=O)O.O.[CaH2].c1c[nH]cn1. The zero-order valence-corrected chi connectivity index (χ0v) is 5.53. The second-order valence-electron chi connectivity index (χ2n) is 1.28. The third-order valence-corrected chi connectivity index (χ3v) is 0.406. The summed E-state index contributed by atoms with van der Waals surface area (Å²) in [6.45, 7) is 1.08. The van der Waals surface area contributed by atoms with Gasteiger partial charge in [-0.25, -0.2) is 4.98 Å². The van der Waals surface area contributed by atoms with E-state index in [1.807, 2.05) is 0 Å². The van der Waals surface area contributed by atoms with Crippen molar-refractivity contribution in [3.8, 4) is 0 Å². The molecule has 0 aliphatic carbocycles. The summed E-state index contributed by atoms with van der Waals surface area (Å²) < 4.78 is 0. The predicted octanol–water partition coefficient (Wildman–Crippen LogP) is -1.24. The number of hydrogen-bond donors (Lipinski definition) is 2. The van der Waals surface area contributed by atoms with Crippen molar-refractivity contribution in [1.29, 1.82) is 0 Å². The van der Waals surface area contributed by atoms with Gasteiger partial charge in [0.2, 0.25) is 0 Å². The van der Waals surface area contributed by atoms with Crippen LogP contribution in [-0.4, -0.2) is 64.3 Å². The summed E-state index contributed by atoms with van der Waals surface area (Å²) in [6.07, 6.45) is 5.08. The van der Waals surface area contributed by atoms with Gasteiger partial charge in [0.25, 0.3) is 5.97 Å². The smallest absolute Gasteiger partial charge is 0.0919 e. The molecule has 0 fully saturated rings. The van der Waals surface area contributed by atoms with Crippen molar-refractivity contribution in [2.24, 2.45) is 0 Å². The number of carboxylic acid groups (broad SMARTS) is 1. The van der Waals surface area contributed by atoms with Crippen LogP contribution < -0.4 is 0 Å². The average molecular weight is 188 g/mol. The van der Waals surface area contributed by atoms with E-state index in [9.17, 15) is 0 Å². The number of imidazole rings is 1. The summed E-state index contributed by atoms with van der Waals surface area (Å²) in [5.41, 5.74) is 0. The zero-order chi connectivity index (χ0) is 7.11. The number of nitrogens with one attached hydrogen (secondary N) is 1. The van der Waals surface area contributed by atoms with E-state index in [1.165, 1.54) is 0 Å². The Kier molecular flexibility index (Phi) is 19.6. The Balaban J connectivity index is -0.000000101. The molecule has 0 amide bonds. The van der Waals surface area contributed by atoms with Crippen LogP contribution in [0.15, 0.2) is 18.7 Å². The summed E-state index contributed by atoms with van der Waals surface area (Å²) in [6, 6.07) is 0. The Morgan fingerprint density at radius 3 is 2.18 bits per heavy atom. The molecule has 0 radical (unpaired) electrons. The predicted molar refractivity (Wildman–Crippen MR) is 44.1 cm³/mol. The van der Waals surface area contributed by atoms with Crippen LogP contribution in [0, 0.1) is 0 Å². The van der Waals surface area contributed by atoms with Gasteiger partial charge in [0.1, 0.15) is 0 Å². The molecule has 0 saturated heterocycles. The summed E-state index contributed by atoms with van der Waals surface area (Å²) in [5, 5.41) is 7.42. The van der Waals surface area contributed by atoms with E-state index in [4.69, 9.17) is 9.90 Å². The quantitative estimate of drug-likeness (QED) is 0.498. The van der Waals surface area contributed by atoms with Crippen molar-refractivity contribution in [3.05, 3.63) is 18.7 Å². The molecule has 6 heteroatoms.